The fraction of sp³-hybridized carbons (Fsp3) is 0. The van der Waals surface area contributed by atoms with Crippen molar-refractivity contribution in [3.8, 4) is 33.4 Å². The van der Waals surface area contributed by atoms with Gasteiger partial charge in [-0.3, -0.25) is 0 Å². The van der Waals surface area contributed by atoms with Crippen molar-refractivity contribution in [2.45, 2.75) is 0 Å². The van der Waals surface area contributed by atoms with Crippen LogP contribution in [0.3, 0.4) is 0 Å². The Kier molecular flexibility index (Phi) is 7.26. The summed E-state index contributed by atoms with van der Waals surface area (Å²) in [5, 5.41) is 5.21. The third-order valence-corrected chi connectivity index (χ3v) is 12.2. The van der Waals surface area contributed by atoms with Crippen LogP contribution in [0.2, 0.25) is 0 Å². The summed E-state index contributed by atoms with van der Waals surface area (Å²) >= 11 is 3.76. The number of fused-ring (bicyclic) bond motifs is 6. The number of nitrogens with zero attached hydrogens (tertiary/aromatic N) is 1. The third kappa shape index (κ3) is 5.30. The quantitative estimate of drug-likeness (QED) is 0.168. The largest absolute Gasteiger partial charge is 0.310 e. The second kappa shape index (κ2) is 12.4. The first-order chi connectivity index (χ1) is 25.3. The van der Waals surface area contributed by atoms with E-state index in [4.69, 9.17) is 0 Å². The topological polar surface area (TPSA) is 3.24 Å². The molecule has 0 saturated heterocycles. The van der Waals surface area contributed by atoms with Crippen LogP contribution in [0, 0.1) is 0 Å². The zero-order valence-corrected chi connectivity index (χ0v) is 29.3. The van der Waals surface area contributed by atoms with Crippen LogP contribution in [0.15, 0.2) is 188 Å². The zero-order chi connectivity index (χ0) is 33.7. The van der Waals surface area contributed by atoms with E-state index >= 15 is 0 Å². The van der Waals surface area contributed by atoms with E-state index in [1.165, 1.54) is 73.7 Å². The molecule has 2 heterocycles. The molecule has 0 bridgehead atoms. The Labute approximate surface area is 304 Å². The molecule has 0 amide bonds. The van der Waals surface area contributed by atoms with Gasteiger partial charge in [-0.05, 0) is 88.5 Å². The van der Waals surface area contributed by atoms with Crippen molar-refractivity contribution in [1.29, 1.82) is 0 Å². The molecule has 1 nitrogen and oxygen atoms in total. The molecule has 10 rings (SSSR count). The smallest absolute Gasteiger partial charge is 0.0475 e. The zero-order valence-electron chi connectivity index (χ0n) is 27.7. The van der Waals surface area contributed by atoms with Crippen molar-refractivity contribution in [2.75, 3.05) is 4.90 Å². The molecule has 8 aromatic carbocycles. The highest BCUT2D eigenvalue weighted by atomic mass is 32.1. The summed E-state index contributed by atoms with van der Waals surface area (Å²) in [6.45, 7) is 0. The monoisotopic (exact) mass is 685 g/mol. The Morgan fingerprint density at radius 3 is 1.37 bits per heavy atom. The van der Waals surface area contributed by atoms with Crippen LogP contribution in [0.25, 0.3) is 73.7 Å². The van der Waals surface area contributed by atoms with Crippen LogP contribution in [0.4, 0.5) is 17.1 Å². The van der Waals surface area contributed by atoms with Gasteiger partial charge in [-0.2, -0.15) is 0 Å². The van der Waals surface area contributed by atoms with E-state index in [-0.39, 0.29) is 0 Å². The van der Waals surface area contributed by atoms with Crippen LogP contribution in [-0.2, 0) is 0 Å². The van der Waals surface area contributed by atoms with Crippen molar-refractivity contribution in [1.82, 2.24) is 0 Å². The average Bonchev–Trinajstić information content (AvgIpc) is 3.77. The summed E-state index contributed by atoms with van der Waals surface area (Å²) in [4.78, 5) is 2.41. The Bertz CT molecular complexity index is 2750. The standard InChI is InChI=1S/C48H31NS2/c1-3-11-32(12-4-1)34-19-24-37(25-20-34)49(38-26-21-35(22-27-38)33-13-5-2-6-14-33)39-30-42(48-44(31-39)41-16-8-10-18-46(41)51-48)36-23-28-47-43(29-36)40-15-7-9-17-45(40)50-47/h1-31H. The molecular formula is C48H31NS2. The van der Waals surface area contributed by atoms with Crippen molar-refractivity contribution in [3.05, 3.63) is 188 Å². The van der Waals surface area contributed by atoms with Gasteiger partial charge in [-0.15, -0.1) is 22.7 Å². The minimum absolute atomic E-state index is 1.12. The number of hydrogen-bond donors (Lipinski definition) is 0. The van der Waals surface area contributed by atoms with Gasteiger partial charge in [-0.1, -0.05) is 127 Å². The molecule has 0 fully saturated rings. The maximum absolute atomic E-state index is 2.41. The summed E-state index contributed by atoms with van der Waals surface area (Å²) < 4.78 is 5.27. The maximum atomic E-state index is 2.41. The minimum Gasteiger partial charge on any atom is -0.310 e. The van der Waals surface area contributed by atoms with Crippen molar-refractivity contribution < 1.29 is 0 Å². The lowest BCUT2D eigenvalue weighted by Gasteiger charge is -2.27. The molecule has 0 saturated carbocycles. The molecule has 0 aliphatic carbocycles. The van der Waals surface area contributed by atoms with Gasteiger partial charge in [0.2, 0.25) is 0 Å². The highest BCUT2D eigenvalue weighted by molar-refractivity contribution is 7.26. The Morgan fingerprint density at radius 1 is 0.294 bits per heavy atom. The van der Waals surface area contributed by atoms with Crippen molar-refractivity contribution >= 4 is 80.1 Å². The van der Waals surface area contributed by atoms with Crippen molar-refractivity contribution in [3.63, 3.8) is 0 Å². The first kappa shape index (κ1) is 29.9. The van der Waals surface area contributed by atoms with E-state index < -0.39 is 0 Å². The van der Waals surface area contributed by atoms with E-state index in [0.29, 0.717) is 0 Å². The molecule has 0 radical (unpaired) electrons. The summed E-state index contributed by atoms with van der Waals surface area (Å²) in [6, 6.07) is 68.6. The fourth-order valence-corrected chi connectivity index (χ4v) is 9.67. The SMILES string of the molecule is c1ccc(-c2ccc(N(c3ccc(-c4ccccc4)cc3)c3cc(-c4ccc5sc6ccccc6c5c4)c4sc5ccccc5c4c3)cc2)cc1. The molecule has 0 aliphatic heterocycles. The summed E-state index contributed by atoms with van der Waals surface area (Å²) in [5.41, 5.74) is 10.7. The fourth-order valence-electron chi connectivity index (χ4n) is 7.36. The maximum Gasteiger partial charge on any atom is 0.0475 e. The molecular weight excluding hydrogens is 655 g/mol. The molecule has 240 valence electrons. The molecule has 0 atom stereocenters. The van der Waals surface area contributed by atoms with Gasteiger partial charge in [0.05, 0.1) is 0 Å². The predicted molar refractivity (Wildman–Crippen MR) is 223 cm³/mol. The van der Waals surface area contributed by atoms with Gasteiger partial charge in [-0.25, -0.2) is 0 Å². The molecule has 10 aromatic rings. The number of thiophene rings is 2. The molecule has 0 spiro atoms. The molecule has 0 unspecified atom stereocenters. The van der Waals surface area contributed by atoms with E-state index in [1.54, 1.807) is 0 Å². The number of benzene rings is 8. The van der Waals surface area contributed by atoms with E-state index in [0.717, 1.165) is 17.1 Å². The normalized spacial score (nSPS) is 11.5. The van der Waals surface area contributed by atoms with Crippen LogP contribution in [0.5, 0.6) is 0 Å². The highest BCUT2D eigenvalue weighted by Crippen LogP contribution is 2.47. The summed E-state index contributed by atoms with van der Waals surface area (Å²) in [7, 11) is 0. The van der Waals surface area contributed by atoms with Crippen molar-refractivity contribution in [2.24, 2.45) is 0 Å². The number of anilines is 3. The molecule has 0 aliphatic rings. The van der Waals surface area contributed by atoms with Gasteiger partial charge in [0.15, 0.2) is 0 Å². The first-order valence-corrected chi connectivity index (χ1v) is 18.9. The van der Waals surface area contributed by atoms with Gasteiger partial charge in [0.25, 0.3) is 0 Å². The lowest BCUT2D eigenvalue weighted by Crippen LogP contribution is -2.10. The lowest BCUT2D eigenvalue weighted by atomic mass is 9.98. The van der Waals surface area contributed by atoms with Gasteiger partial charge in [0, 0.05) is 63.0 Å². The number of rotatable bonds is 6. The van der Waals surface area contributed by atoms with E-state index in [9.17, 15) is 0 Å². The molecule has 0 N–H and O–H groups in total. The second-order valence-corrected chi connectivity index (χ2v) is 15.1. The Morgan fingerprint density at radius 2 is 0.765 bits per heavy atom. The molecule has 2 aromatic heterocycles. The van der Waals surface area contributed by atoms with Gasteiger partial charge >= 0.3 is 0 Å². The molecule has 51 heavy (non-hydrogen) atoms. The van der Waals surface area contributed by atoms with Crippen LogP contribution in [0.1, 0.15) is 0 Å². The van der Waals surface area contributed by atoms with Gasteiger partial charge < -0.3 is 4.90 Å². The van der Waals surface area contributed by atoms with Crippen LogP contribution >= 0.6 is 22.7 Å². The summed E-state index contributed by atoms with van der Waals surface area (Å²) in [6.07, 6.45) is 0. The molecule has 3 heteroatoms. The highest BCUT2D eigenvalue weighted by Gasteiger charge is 2.19. The van der Waals surface area contributed by atoms with E-state index in [2.05, 4.69) is 193 Å². The lowest BCUT2D eigenvalue weighted by molar-refractivity contribution is 1.29. The minimum atomic E-state index is 1.12. The van der Waals surface area contributed by atoms with Crippen LogP contribution < -0.4 is 4.90 Å². The number of hydrogen-bond acceptors (Lipinski definition) is 3. The predicted octanol–water partition coefficient (Wildman–Crippen LogP) is 14.9. The Hall–Kier alpha value is -6.00. The third-order valence-electron chi connectivity index (χ3n) is 9.87. The average molecular weight is 686 g/mol. The first-order valence-electron chi connectivity index (χ1n) is 17.2. The van der Waals surface area contributed by atoms with Gasteiger partial charge in [0.1, 0.15) is 0 Å². The Balaban J connectivity index is 1.20. The van der Waals surface area contributed by atoms with Crippen LogP contribution in [-0.4, -0.2) is 0 Å². The van der Waals surface area contributed by atoms with E-state index in [1.807, 2.05) is 22.7 Å². The second-order valence-electron chi connectivity index (χ2n) is 12.9. The summed E-state index contributed by atoms with van der Waals surface area (Å²) in [5.74, 6) is 0.